The maximum absolute atomic E-state index is 12.6. The van der Waals surface area contributed by atoms with E-state index in [1.165, 1.54) is 43.9 Å². The molecule has 0 unspecified atom stereocenters. The lowest BCUT2D eigenvalue weighted by Crippen LogP contribution is -2.24. The van der Waals surface area contributed by atoms with E-state index in [0.29, 0.717) is 5.16 Å². The number of nitrogens with one attached hydrogen (secondary N) is 1. The predicted octanol–water partition coefficient (Wildman–Crippen LogP) is 4.24. The molecule has 2 aromatic rings. The molecule has 152 valence electrons. The first-order valence-corrected chi connectivity index (χ1v) is 11.1. The minimum atomic E-state index is -0.322. The number of aromatic nitrogens is 3. The number of nitrogen functional groups attached to an aromatic ring is 1. The number of carbonyl (C=O) groups is 1. The molecule has 3 N–H and O–H groups in total. The van der Waals surface area contributed by atoms with E-state index in [0.717, 1.165) is 41.4 Å². The number of aryl methyl sites for hydroxylation is 3. The molecular formula is C21H31N5OS. The van der Waals surface area contributed by atoms with Crippen LogP contribution in [0.1, 0.15) is 62.4 Å². The number of carbonyl (C=O) groups excluding carboxylic acids is 1. The summed E-state index contributed by atoms with van der Waals surface area (Å²) in [5.74, 6) is 7.73. The fourth-order valence-corrected chi connectivity index (χ4v) is 4.60. The highest BCUT2D eigenvalue weighted by molar-refractivity contribution is 8.00. The Labute approximate surface area is 171 Å². The molecule has 1 fully saturated rings. The summed E-state index contributed by atoms with van der Waals surface area (Å²) in [4.78, 5) is 12.6. The Morgan fingerprint density at radius 3 is 2.61 bits per heavy atom. The molecule has 7 heteroatoms. The molecule has 0 radical (unpaired) electrons. The van der Waals surface area contributed by atoms with Gasteiger partial charge < -0.3 is 11.2 Å². The van der Waals surface area contributed by atoms with Crippen molar-refractivity contribution in [1.29, 1.82) is 0 Å². The maximum atomic E-state index is 12.6. The monoisotopic (exact) mass is 401 g/mol. The molecule has 28 heavy (non-hydrogen) atoms. The quantitative estimate of drug-likeness (QED) is 0.535. The highest BCUT2D eigenvalue weighted by atomic mass is 32.2. The molecule has 1 heterocycles. The van der Waals surface area contributed by atoms with Crippen LogP contribution in [0.3, 0.4) is 0 Å². The van der Waals surface area contributed by atoms with Crippen LogP contribution >= 0.6 is 11.8 Å². The second-order valence-electron chi connectivity index (χ2n) is 7.83. The molecule has 6 nitrogen and oxygen atoms in total. The van der Waals surface area contributed by atoms with Gasteiger partial charge in [-0.05, 0) is 44.2 Å². The van der Waals surface area contributed by atoms with E-state index >= 15 is 0 Å². The molecule has 1 aromatic heterocycles. The molecule has 1 aromatic carbocycles. The molecule has 0 aliphatic heterocycles. The third-order valence-corrected chi connectivity index (χ3v) is 6.67. The SMILES string of the molecule is Cc1cccc(C)c1NC(=O)[C@H](C)Sc1nnc(CCC2CCCCC2)n1N. The number of nitrogens with zero attached hydrogens (tertiary/aromatic N) is 3. The van der Waals surface area contributed by atoms with Crippen LogP contribution in [0, 0.1) is 19.8 Å². The summed E-state index contributed by atoms with van der Waals surface area (Å²) >= 11 is 1.34. The van der Waals surface area contributed by atoms with Crippen molar-refractivity contribution < 1.29 is 4.79 Å². The van der Waals surface area contributed by atoms with E-state index in [9.17, 15) is 4.79 Å². The van der Waals surface area contributed by atoms with Gasteiger partial charge in [-0.3, -0.25) is 4.79 Å². The van der Waals surface area contributed by atoms with Crippen molar-refractivity contribution in [2.24, 2.45) is 5.92 Å². The third-order valence-electron chi connectivity index (χ3n) is 5.62. The number of nitrogens with two attached hydrogens (primary N) is 1. The van der Waals surface area contributed by atoms with E-state index in [2.05, 4.69) is 15.5 Å². The summed E-state index contributed by atoms with van der Waals surface area (Å²) in [6.45, 7) is 5.86. The number of amides is 1. The normalized spacial score (nSPS) is 16.1. The summed E-state index contributed by atoms with van der Waals surface area (Å²) in [6.07, 6.45) is 8.64. The number of rotatable bonds is 7. The van der Waals surface area contributed by atoms with Gasteiger partial charge >= 0.3 is 0 Å². The zero-order chi connectivity index (χ0) is 20.1. The molecule has 0 spiro atoms. The molecule has 1 aliphatic carbocycles. The third kappa shape index (κ3) is 5.07. The van der Waals surface area contributed by atoms with E-state index in [1.54, 1.807) is 4.68 Å². The van der Waals surface area contributed by atoms with Gasteiger partial charge in [-0.25, -0.2) is 4.68 Å². The van der Waals surface area contributed by atoms with Crippen molar-refractivity contribution >= 4 is 23.4 Å². The van der Waals surface area contributed by atoms with Gasteiger partial charge in [0.15, 0.2) is 5.82 Å². The van der Waals surface area contributed by atoms with Gasteiger partial charge in [0.25, 0.3) is 0 Å². The van der Waals surface area contributed by atoms with Crippen LogP contribution in [0.4, 0.5) is 5.69 Å². The first kappa shape index (κ1) is 20.7. The van der Waals surface area contributed by atoms with Crippen LogP contribution in [-0.4, -0.2) is 26.0 Å². The summed E-state index contributed by atoms with van der Waals surface area (Å²) < 4.78 is 1.55. The molecular weight excluding hydrogens is 370 g/mol. The topological polar surface area (TPSA) is 85.8 Å². The van der Waals surface area contributed by atoms with Crippen LogP contribution in [0.2, 0.25) is 0 Å². The summed E-state index contributed by atoms with van der Waals surface area (Å²) in [6, 6.07) is 5.98. The fraction of sp³-hybridized carbons (Fsp3) is 0.571. The summed E-state index contributed by atoms with van der Waals surface area (Å²) in [7, 11) is 0. The van der Waals surface area contributed by atoms with E-state index < -0.39 is 0 Å². The number of benzene rings is 1. The van der Waals surface area contributed by atoms with Crippen LogP contribution in [0.15, 0.2) is 23.4 Å². The smallest absolute Gasteiger partial charge is 0.237 e. The largest absolute Gasteiger partial charge is 0.336 e. The Morgan fingerprint density at radius 2 is 1.93 bits per heavy atom. The molecule has 1 aliphatic rings. The first-order chi connectivity index (χ1) is 13.5. The van der Waals surface area contributed by atoms with Gasteiger partial charge in [0.2, 0.25) is 11.1 Å². The molecule has 1 amide bonds. The molecule has 0 saturated heterocycles. The Kier molecular flexibility index (Phi) is 6.99. The van der Waals surface area contributed by atoms with Crippen LogP contribution in [0.25, 0.3) is 0 Å². The van der Waals surface area contributed by atoms with Gasteiger partial charge in [-0.2, -0.15) is 0 Å². The average molecular weight is 402 g/mol. The summed E-state index contributed by atoms with van der Waals surface area (Å²) in [5, 5.41) is 11.8. The minimum absolute atomic E-state index is 0.0610. The van der Waals surface area contributed by atoms with Crippen molar-refractivity contribution in [2.45, 2.75) is 76.1 Å². The van der Waals surface area contributed by atoms with Gasteiger partial charge in [0, 0.05) is 12.1 Å². The second-order valence-corrected chi connectivity index (χ2v) is 9.14. The van der Waals surface area contributed by atoms with E-state index in [1.807, 2.05) is 39.0 Å². The van der Waals surface area contributed by atoms with Crippen molar-refractivity contribution in [3.05, 3.63) is 35.2 Å². The molecule has 1 saturated carbocycles. The lowest BCUT2D eigenvalue weighted by molar-refractivity contribution is -0.115. The molecule has 0 bridgehead atoms. The molecule has 3 rings (SSSR count). The van der Waals surface area contributed by atoms with Crippen LogP contribution in [0.5, 0.6) is 0 Å². The van der Waals surface area contributed by atoms with Crippen molar-refractivity contribution in [2.75, 3.05) is 11.2 Å². The summed E-state index contributed by atoms with van der Waals surface area (Å²) in [5.41, 5.74) is 2.98. The lowest BCUT2D eigenvalue weighted by atomic mass is 9.86. The Bertz CT molecular complexity index is 793. The highest BCUT2D eigenvalue weighted by Crippen LogP contribution is 2.28. The minimum Gasteiger partial charge on any atom is -0.336 e. The predicted molar refractivity (Wildman–Crippen MR) is 115 cm³/mol. The fourth-order valence-electron chi connectivity index (χ4n) is 3.82. The highest BCUT2D eigenvalue weighted by Gasteiger charge is 2.21. The Morgan fingerprint density at radius 1 is 1.25 bits per heavy atom. The second kappa shape index (κ2) is 9.45. The van der Waals surface area contributed by atoms with Crippen molar-refractivity contribution in [3.63, 3.8) is 0 Å². The Hall–Kier alpha value is -2.02. The zero-order valence-electron chi connectivity index (χ0n) is 17.1. The number of thioether (sulfide) groups is 1. The van der Waals surface area contributed by atoms with Crippen molar-refractivity contribution in [1.82, 2.24) is 14.9 Å². The maximum Gasteiger partial charge on any atom is 0.237 e. The van der Waals surface area contributed by atoms with Gasteiger partial charge in [-0.15, -0.1) is 10.2 Å². The number of anilines is 1. The average Bonchev–Trinajstić information content (AvgIpc) is 3.03. The van der Waals surface area contributed by atoms with Crippen molar-refractivity contribution in [3.8, 4) is 0 Å². The number of hydrogen-bond donors (Lipinski definition) is 2. The van der Waals surface area contributed by atoms with Crippen LogP contribution in [-0.2, 0) is 11.2 Å². The number of para-hydroxylation sites is 1. The van der Waals surface area contributed by atoms with E-state index in [4.69, 9.17) is 5.84 Å². The number of hydrogen-bond acceptors (Lipinski definition) is 5. The van der Waals surface area contributed by atoms with Crippen LogP contribution < -0.4 is 11.2 Å². The van der Waals surface area contributed by atoms with E-state index in [-0.39, 0.29) is 11.2 Å². The Balaban J connectivity index is 1.57. The van der Waals surface area contributed by atoms with Gasteiger partial charge in [-0.1, -0.05) is 62.1 Å². The van der Waals surface area contributed by atoms with Gasteiger partial charge in [0.05, 0.1) is 5.25 Å². The molecule has 1 atom stereocenters. The zero-order valence-corrected chi connectivity index (χ0v) is 17.9. The lowest BCUT2D eigenvalue weighted by Gasteiger charge is -2.20. The van der Waals surface area contributed by atoms with Gasteiger partial charge in [0.1, 0.15) is 0 Å². The first-order valence-electron chi connectivity index (χ1n) is 10.2. The standard InChI is InChI=1S/C21H31N5OS/c1-14-8-7-9-15(2)19(14)23-20(27)16(3)28-21-25-24-18(26(21)22)13-12-17-10-5-4-6-11-17/h7-9,16-17H,4-6,10-13,22H2,1-3H3,(H,23,27)/t16-/m0/s1.